The highest BCUT2D eigenvalue weighted by atomic mass is 16.2. The Kier molecular flexibility index (Phi) is 2.30. The third-order valence-electron chi connectivity index (χ3n) is 5.59. The van der Waals surface area contributed by atoms with E-state index in [-0.39, 0.29) is 11.5 Å². The average Bonchev–Trinajstić information content (AvgIpc) is 3.32. The molecule has 110 valence electrons. The predicted octanol–water partition coefficient (Wildman–Crippen LogP) is 3.34. The van der Waals surface area contributed by atoms with Crippen LogP contribution < -0.4 is 5.43 Å². The van der Waals surface area contributed by atoms with Crippen molar-refractivity contribution in [1.29, 1.82) is 0 Å². The normalized spacial score (nSPS) is 27.3. The Bertz CT molecular complexity index is 751. The fourth-order valence-electron chi connectivity index (χ4n) is 4.41. The van der Waals surface area contributed by atoms with Crippen LogP contribution in [0.25, 0.3) is 0 Å². The Balaban J connectivity index is 1.62. The minimum atomic E-state index is -0.152. The van der Waals surface area contributed by atoms with Gasteiger partial charge in [0.05, 0.1) is 17.1 Å². The number of carbonyl (C=O) groups is 1. The molecular formula is C19H18N2O. The molecule has 2 aromatic rings. The number of anilines is 1. The molecule has 2 unspecified atom stereocenters. The van der Waals surface area contributed by atoms with Gasteiger partial charge >= 0.3 is 0 Å². The van der Waals surface area contributed by atoms with Crippen LogP contribution in [0.3, 0.4) is 0 Å². The number of nitrogens with zero attached hydrogens (tertiary/aromatic N) is 1. The summed E-state index contributed by atoms with van der Waals surface area (Å²) >= 11 is 0. The SMILES string of the molecule is O=C1N2Nc3ccccc3CC2C(c2ccccc2)C12CC2. The van der Waals surface area contributed by atoms with Crippen molar-refractivity contribution < 1.29 is 4.79 Å². The number of para-hydroxylation sites is 1. The van der Waals surface area contributed by atoms with E-state index in [1.807, 2.05) is 17.1 Å². The molecule has 1 saturated heterocycles. The minimum Gasteiger partial charge on any atom is -0.295 e. The van der Waals surface area contributed by atoms with Gasteiger partial charge in [-0.15, -0.1) is 0 Å². The third kappa shape index (κ3) is 1.48. The van der Waals surface area contributed by atoms with Crippen LogP contribution in [0.4, 0.5) is 5.69 Å². The monoisotopic (exact) mass is 290 g/mol. The summed E-state index contributed by atoms with van der Waals surface area (Å²) in [7, 11) is 0. The fourth-order valence-corrected chi connectivity index (χ4v) is 4.41. The lowest BCUT2D eigenvalue weighted by molar-refractivity contribution is -0.132. The van der Waals surface area contributed by atoms with Crippen LogP contribution in [-0.4, -0.2) is 17.0 Å². The van der Waals surface area contributed by atoms with E-state index in [2.05, 4.69) is 47.9 Å². The molecule has 2 atom stereocenters. The van der Waals surface area contributed by atoms with Crippen molar-refractivity contribution in [2.45, 2.75) is 31.2 Å². The van der Waals surface area contributed by atoms with Crippen molar-refractivity contribution in [2.24, 2.45) is 5.41 Å². The summed E-state index contributed by atoms with van der Waals surface area (Å²) in [6.45, 7) is 0. The molecule has 3 heteroatoms. The second-order valence-electron chi connectivity index (χ2n) is 6.76. The molecule has 1 N–H and O–H groups in total. The number of nitrogens with one attached hydrogen (secondary N) is 1. The zero-order chi connectivity index (χ0) is 14.7. The molecule has 22 heavy (non-hydrogen) atoms. The highest BCUT2D eigenvalue weighted by molar-refractivity contribution is 5.91. The van der Waals surface area contributed by atoms with E-state index in [9.17, 15) is 4.79 Å². The number of amides is 1. The highest BCUT2D eigenvalue weighted by Gasteiger charge is 2.66. The minimum absolute atomic E-state index is 0.152. The van der Waals surface area contributed by atoms with Gasteiger partial charge in [0.25, 0.3) is 0 Å². The predicted molar refractivity (Wildman–Crippen MR) is 85.3 cm³/mol. The molecule has 2 fully saturated rings. The first-order chi connectivity index (χ1) is 10.8. The zero-order valence-corrected chi connectivity index (χ0v) is 12.3. The summed E-state index contributed by atoms with van der Waals surface area (Å²) in [5, 5.41) is 1.92. The fraction of sp³-hybridized carbons (Fsp3) is 0.316. The van der Waals surface area contributed by atoms with Crippen LogP contribution in [0.5, 0.6) is 0 Å². The van der Waals surface area contributed by atoms with Crippen LogP contribution in [-0.2, 0) is 11.2 Å². The van der Waals surface area contributed by atoms with Crippen molar-refractivity contribution in [3.05, 3.63) is 65.7 Å². The smallest absolute Gasteiger partial charge is 0.248 e. The first kappa shape index (κ1) is 12.3. The van der Waals surface area contributed by atoms with Crippen molar-refractivity contribution >= 4 is 11.6 Å². The maximum absolute atomic E-state index is 13.0. The van der Waals surface area contributed by atoms with Crippen LogP contribution in [0.15, 0.2) is 54.6 Å². The molecule has 2 aromatic carbocycles. The third-order valence-corrected chi connectivity index (χ3v) is 5.59. The summed E-state index contributed by atoms with van der Waals surface area (Å²) in [6, 6.07) is 19.2. The van der Waals surface area contributed by atoms with E-state index in [4.69, 9.17) is 0 Å². The maximum atomic E-state index is 13.0. The first-order valence-electron chi connectivity index (χ1n) is 8.03. The van der Waals surface area contributed by atoms with Crippen molar-refractivity contribution in [2.75, 3.05) is 5.43 Å². The van der Waals surface area contributed by atoms with E-state index in [0.717, 1.165) is 24.9 Å². The number of fused-ring (bicyclic) bond motifs is 2. The van der Waals surface area contributed by atoms with Gasteiger partial charge in [-0.05, 0) is 36.5 Å². The quantitative estimate of drug-likeness (QED) is 0.873. The van der Waals surface area contributed by atoms with Gasteiger partial charge in [-0.3, -0.25) is 15.2 Å². The van der Waals surface area contributed by atoms with Gasteiger partial charge in [0.1, 0.15) is 0 Å². The molecular weight excluding hydrogens is 272 g/mol. The Morgan fingerprint density at radius 1 is 1.00 bits per heavy atom. The number of hydrogen-bond donors (Lipinski definition) is 1. The summed E-state index contributed by atoms with van der Waals surface area (Å²) in [4.78, 5) is 13.0. The Morgan fingerprint density at radius 2 is 1.73 bits per heavy atom. The molecule has 0 radical (unpaired) electrons. The molecule has 3 aliphatic rings. The lowest BCUT2D eigenvalue weighted by Crippen LogP contribution is -2.44. The van der Waals surface area contributed by atoms with Crippen molar-refractivity contribution in [3.8, 4) is 0 Å². The lowest BCUT2D eigenvalue weighted by Gasteiger charge is -2.35. The van der Waals surface area contributed by atoms with Gasteiger partial charge in [-0.2, -0.15) is 0 Å². The van der Waals surface area contributed by atoms with E-state index in [1.165, 1.54) is 11.1 Å². The lowest BCUT2D eigenvalue weighted by atomic mass is 9.79. The topological polar surface area (TPSA) is 32.3 Å². The van der Waals surface area contributed by atoms with Crippen molar-refractivity contribution in [1.82, 2.24) is 5.01 Å². The first-order valence-corrected chi connectivity index (χ1v) is 8.03. The number of benzene rings is 2. The van der Waals surface area contributed by atoms with E-state index in [0.29, 0.717) is 11.8 Å². The second kappa shape index (κ2) is 4.13. The van der Waals surface area contributed by atoms with E-state index < -0.39 is 0 Å². The maximum Gasteiger partial charge on any atom is 0.248 e. The molecule has 1 aliphatic carbocycles. The molecule has 5 rings (SSSR count). The van der Waals surface area contributed by atoms with Gasteiger partial charge in [0.15, 0.2) is 0 Å². The van der Waals surface area contributed by atoms with Gasteiger partial charge in [-0.25, -0.2) is 0 Å². The zero-order valence-electron chi connectivity index (χ0n) is 12.3. The number of carbonyl (C=O) groups excluding carboxylic acids is 1. The van der Waals surface area contributed by atoms with Crippen LogP contribution in [0.2, 0.25) is 0 Å². The van der Waals surface area contributed by atoms with Gasteiger partial charge in [-0.1, -0.05) is 48.5 Å². The number of rotatable bonds is 1. The molecule has 2 heterocycles. The molecule has 0 bridgehead atoms. The molecule has 1 saturated carbocycles. The van der Waals surface area contributed by atoms with Crippen LogP contribution >= 0.6 is 0 Å². The number of hydrazine groups is 1. The van der Waals surface area contributed by atoms with Crippen LogP contribution in [0.1, 0.15) is 29.9 Å². The Labute approximate surface area is 129 Å². The molecule has 1 amide bonds. The summed E-state index contributed by atoms with van der Waals surface area (Å²) < 4.78 is 0. The summed E-state index contributed by atoms with van der Waals surface area (Å²) in [6.07, 6.45) is 2.99. The Hall–Kier alpha value is -2.29. The van der Waals surface area contributed by atoms with Gasteiger partial charge < -0.3 is 0 Å². The summed E-state index contributed by atoms with van der Waals surface area (Å²) in [5.41, 5.74) is 6.94. The number of hydrogen-bond acceptors (Lipinski definition) is 2. The molecule has 2 aliphatic heterocycles. The van der Waals surface area contributed by atoms with Crippen molar-refractivity contribution in [3.63, 3.8) is 0 Å². The highest BCUT2D eigenvalue weighted by Crippen LogP contribution is 2.64. The molecule has 0 aromatic heterocycles. The average molecular weight is 290 g/mol. The molecule has 1 spiro atoms. The van der Waals surface area contributed by atoms with Gasteiger partial charge in [0.2, 0.25) is 5.91 Å². The van der Waals surface area contributed by atoms with Crippen LogP contribution in [0, 0.1) is 5.41 Å². The Morgan fingerprint density at radius 3 is 2.50 bits per heavy atom. The molecule has 3 nitrogen and oxygen atoms in total. The largest absolute Gasteiger partial charge is 0.295 e. The summed E-state index contributed by atoms with van der Waals surface area (Å²) in [5.74, 6) is 0.600. The van der Waals surface area contributed by atoms with E-state index in [1.54, 1.807) is 0 Å². The van der Waals surface area contributed by atoms with E-state index >= 15 is 0 Å². The van der Waals surface area contributed by atoms with Gasteiger partial charge in [0, 0.05) is 5.92 Å². The standard InChI is InChI=1S/C19H18N2O/c22-18-19(10-11-19)17(13-6-2-1-3-7-13)16-12-14-8-4-5-9-15(14)20-21(16)18/h1-9,16-17,20H,10-12H2. The second-order valence-corrected chi connectivity index (χ2v) is 6.76.